The first-order valence-corrected chi connectivity index (χ1v) is 4.31. The summed E-state index contributed by atoms with van der Waals surface area (Å²) >= 11 is 0. The predicted octanol–water partition coefficient (Wildman–Crippen LogP) is 0.512. The lowest BCUT2D eigenvalue weighted by Gasteiger charge is -2.26. The molecule has 1 amide bonds. The van der Waals surface area contributed by atoms with Crippen LogP contribution in [0.25, 0.3) is 0 Å². The van der Waals surface area contributed by atoms with Gasteiger partial charge in [-0.15, -0.1) is 0 Å². The second-order valence-electron chi connectivity index (χ2n) is 3.37. The monoisotopic (exact) mass is 168 g/mol. The highest BCUT2D eigenvalue weighted by molar-refractivity contribution is 5.81. The van der Waals surface area contributed by atoms with Crippen LogP contribution >= 0.6 is 0 Å². The fraction of sp³-hybridized carbons (Fsp3) is 0.667. The normalized spacial score (nSPS) is 20.2. The molecule has 0 radical (unpaired) electrons. The second-order valence-corrected chi connectivity index (χ2v) is 3.37. The molecule has 0 saturated heterocycles. The number of nitrogens with two attached hydrogens (primary N) is 1. The Bertz CT molecular complexity index is 209. The molecule has 0 unspecified atom stereocenters. The number of hydrogen-bond acceptors (Lipinski definition) is 2. The van der Waals surface area contributed by atoms with E-state index in [1.165, 1.54) is 5.57 Å². The number of nitrogens with zero attached hydrogens (tertiary/aromatic N) is 1. The minimum atomic E-state index is -0.364. The van der Waals surface area contributed by atoms with Crippen LogP contribution in [0.2, 0.25) is 0 Å². The molecule has 1 aliphatic heterocycles. The fourth-order valence-electron chi connectivity index (χ4n) is 1.26. The van der Waals surface area contributed by atoms with Gasteiger partial charge in [0.2, 0.25) is 5.91 Å². The fourth-order valence-corrected chi connectivity index (χ4v) is 1.26. The molecule has 0 aliphatic carbocycles. The van der Waals surface area contributed by atoms with E-state index in [2.05, 4.69) is 13.0 Å². The minimum Gasteiger partial charge on any atom is -0.337 e. The topological polar surface area (TPSA) is 46.3 Å². The Hall–Kier alpha value is -0.830. The molecular weight excluding hydrogens is 152 g/mol. The first kappa shape index (κ1) is 9.26. The van der Waals surface area contributed by atoms with Crippen molar-refractivity contribution in [3.05, 3.63) is 11.6 Å². The Kier molecular flexibility index (Phi) is 2.87. The van der Waals surface area contributed by atoms with Crippen LogP contribution in [0.1, 0.15) is 20.3 Å². The summed E-state index contributed by atoms with van der Waals surface area (Å²) in [5.74, 6) is 0.0544. The van der Waals surface area contributed by atoms with Crippen LogP contribution in [0.4, 0.5) is 0 Å². The van der Waals surface area contributed by atoms with Crippen LogP contribution in [0, 0.1) is 0 Å². The van der Waals surface area contributed by atoms with Crippen molar-refractivity contribution in [2.75, 3.05) is 13.1 Å². The summed E-state index contributed by atoms with van der Waals surface area (Å²) in [6, 6.07) is -0.364. The molecule has 0 aromatic carbocycles. The molecule has 68 valence electrons. The van der Waals surface area contributed by atoms with Crippen molar-refractivity contribution < 1.29 is 4.79 Å². The van der Waals surface area contributed by atoms with E-state index >= 15 is 0 Å². The number of carbonyl (C=O) groups is 1. The van der Waals surface area contributed by atoms with E-state index in [4.69, 9.17) is 5.73 Å². The highest BCUT2D eigenvalue weighted by Crippen LogP contribution is 2.09. The molecule has 0 fully saturated rings. The van der Waals surface area contributed by atoms with E-state index in [9.17, 15) is 4.79 Å². The van der Waals surface area contributed by atoms with Crippen LogP contribution in [0.5, 0.6) is 0 Å². The van der Waals surface area contributed by atoms with Crippen molar-refractivity contribution in [1.82, 2.24) is 4.90 Å². The molecule has 1 heterocycles. The second kappa shape index (κ2) is 3.72. The Balaban J connectivity index is 2.51. The highest BCUT2D eigenvalue weighted by atomic mass is 16.2. The summed E-state index contributed by atoms with van der Waals surface area (Å²) in [5.41, 5.74) is 6.85. The summed E-state index contributed by atoms with van der Waals surface area (Å²) in [7, 11) is 0. The lowest BCUT2D eigenvalue weighted by molar-refractivity contribution is -0.131. The van der Waals surface area contributed by atoms with Crippen LogP contribution < -0.4 is 5.73 Å². The summed E-state index contributed by atoms with van der Waals surface area (Å²) in [6.07, 6.45) is 3.07. The number of rotatable bonds is 1. The third-order valence-corrected chi connectivity index (χ3v) is 2.14. The minimum absolute atomic E-state index is 0.0544. The quantitative estimate of drug-likeness (QED) is 0.580. The molecule has 3 nitrogen and oxygen atoms in total. The van der Waals surface area contributed by atoms with Crippen LogP contribution in [0.15, 0.2) is 11.6 Å². The zero-order valence-electron chi connectivity index (χ0n) is 7.71. The lowest BCUT2D eigenvalue weighted by atomic mass is 10.1. The maximum atomic E-state index is 11.4. The van der Waals surface area contributed by atoms with Gasteiger partial charge in [-0.25, -0.2) is 0 Å². The average molecular weight is 168 g/mol. The number of carbonyl (C=O) groups excluding carboxylic acids is 1. The van der Waals surface area contributed by atoms with Gasteiger partial charge in [-0.3, -0.25) is 4.79 Å². The molecule has 1 aliphatic rings. The van der Waals surface area contributed by atoms with Crippen molar-refractivity contribution >= 4 is 5.91 Å². The Morgan fingerprint density at radius 3 is 2.83 bits per heavy atom. The van der Waals surface area contributed by atoms with Gasteiger partial charge >= 0.3 is 0 Å². The van der Waals surface area contributed by atoms with Crippen molar-refractivity contribution in [2.45, 2.75) is 26.3 Å². The van der Waals surface area contributed by atoms with Gasteiger partial charge in [0.15, 0.2) is 0 Å². The van der Waals surface area contributed by atoms with E-state index in [0.29, 0.717) is 0 Å². The Morgan fingerprint density at radius 2 is 2.42 bits per heavy atom. The zero-order valence-corrected chi connectivity index (χ0v) is 7.71. The number of amides is 1. The van der Waals surface area contributed by atoms with Gasteiger partial charge in [-0.2, -0.15) is 0 Å². The molecule has 12 heavy (non-hydrogen) atoms. The maximum absolute atomic E-state index is 11.4. The van der Waals surface area contributed by atoms with Crippen molar-refractivity contribution in [1.29, 1.82) is 0 Å². The van der Waals surface area contributed by atoms with E-state index in [-0.39, 0.29) is 11.9 Å². The molecule has 0 bridgehead atoms. The molecule has 2 N–H and O–H groups in total. The molecule has 3 heteroatoms. The summed E-state index contributed by atoms with van der Waals surface area (Å²) in [4.78, 5) is 13.2. The van der Waals surface area contributed by atoms with Gasteiger partial charge in [0.25, 0.3) is 0 Å². The molecule has 0 spiro atoms. The molecular formula is C9H16N2O. The number of hydrogen-bond donors (Lipinski definition) is 1. The molecule has 1 rings (SSSR count). The van der Waals surface area contributed by atoms with E-state index < -0.39 is 0 Å². The average Bonchev–Trinajstić information content (AvgIpc) is 2.04. The van der Waals surface area contributed by atoms with Gasteiger partial charge in [-0.05, 0) is 20.3 Å². The molecule has 0 aromatic heterocycles. The zero-order chi connectivity index (χ0) is 9.14. The molecule has 0 aromatic rings. The van der Waals surface area contributed by atoms with Crippen molar-refractivity contribution in [3.63, 3.8) is 0 Å². The first-order chi connectivity index (χ1) is 5.61. The van der Waals surface area contributed by atoms with Crippen molar-refractivity contribution in [3.8, 4) is 0 Å². The summed E-state index contributed by atoms with van der Waals surface area (Å²) in [5, 5.41) is 0. The first-order valence-electron chi connectivity index (χ1n) is 4.31. The van der Waals surface area contributed by atoms with Gasteiger partial charge < -0.3 is 10.6 Å². The largest absolute Gasteiger partial charge is 0.337 e. The van der Waals surface area contributed by atoms with Gasteiger partial charge in [0, 0.05) is 13.1 Å². The SMILES string of the molecule is CC1=CCN(C(=O)[C@H](C)N)CC1. The highest BCUT2D eigenvalue weighted by Gasteiger charge is 2.18. The standard InChI is InChI=1S/C9H16N2O/c1-7-3-5-11(6-4-7)9(12)8(2)10/h3,8H,4-6,10H2,1-2H3/t8-/m0/s1. The van der Waals surface area contributed by atoms with E-state index in [0.717, 1.165) is 19.5 Å². The van der Waals surface area contributed by atoms with Crippen molar-refractivity contribution in [2.24, 2.45) is 5.73 Å². The van der Waals surface area contributed by atoms with Crippen LogP contribution in [-0.2, 0) is 4.79 Å². The lowest BCUT2D eigenvalue weighted by Crippen LogP contribution is -2.43. The van der Waals surface area contributed by atoms with E-state index in [1.54, 1.807) is 11.8 Å². The summed E-state index contributed by atoms with van der Waals surface area (Å²) < 4.78 is 0. The maximum Gasteiger partial charge on any atom is 0.239 e. The Morgan fingerprint density at radius 1 is 1.75 bits per heavy atom. The predicted molar refractivity (Wildman–Crippen MR) is 48.6 cm³/mol. The Labute approximate surface area is 73.2 Å². The van der Waals surface area contributed by atoms with Gasteiger partial charge in [-0.1, -0.05) is 11.6 Å². The van der Waals surface area contributed by atoms with Crippen LogP contribution in [0.3, 0.4) is 0 Å². The third-order valence-electron chi connectivity index (χ3n) is 2.14. The van der Waals surface area contributed by atoms with Gasteiger partial charge in [0.05, 0.1) is 6.04 Å². The summed E-state index contributed by atoms with van der Waals surface area (Å²) in [6.45, 7) is 5.37. The smallest absolute Gasteiger partial charge is 0.239 e. The molecule has 0 saturated carbocycles. The third kappa shape index (κ3) is 2.08. The van der Waals surface area contributed by atoms with E-state index in [1.807, 2.05) is 0 Å². The van der Waals surface area contributed by atoms with Crippen LogP contribution in [-0.4, -0.2) is 29.9 Å². The molecule has 1 atom stereocenters. The van der Waals surface area contributed by atoms with Gasteiger partial charge in [0.1, 0.15) is 0 Å².